The lowest BCUT2D eigenvalue weighted by Crippen LogP contribution is -2.43. The molecule has 50 heavy (non-hydrogen) atoms. The zero-order valence-corrected chi connectivity index (χ0v) is 35.3. The second kappa shape index (κ2) is 13.5. The summed E-state index contributed by atoms with van der Waals surface area (Å²) in [6.07, 6.45) is 0. The molecule has 0 nitrogen and oxygen atoms in total. The van der Waals surface area contributed by atoms with E-state index in [1.807, 2.05) is 12.1 Å². The number of fused-ring (bicyclic) bond motifs is 9. The summed E-state index contributed by atoms with van der Waals surface area (Å²) in [6.45, 7) is 28.0. The third-order valence-corrected chi connectivity index (χ3v) is 26.4. The van der Waals surface area contributed by atoms with E-state index in [9.17, 15) is 8.78 Å². The monoisotopic (exact) mass is 736 g/mol. The third kappa shape index (κ3) is 5.76. The smallest absolute Gasteiger partial charge is 0.177 e. The molecular formula is C44H50F2S2Si2. The van der Waals surface area contributed by atoms with Crippen LogP contribution in [0.3, 0.4) is 0 Å². The average Bonchev–Trinajstić information content (AvgIpc) is 3.60. The standard InChI is InChI=1S/C44H50F2S2Si2/c1-25(2)49(26(3)4,27(5)6)19-17-31-21-37-36-16-14-34-24-40(46)48-44(34)42(36)32(18-20-50(28(7)8,29(9)10)30(11)12)22-38(37)35-15-13-33-23-39(45)47-43(33)41(31)35/h13-16,21-30H,1-12H3. The van der Waals surface area contributed by atoms with Crippen LogP contribution in [-0.4, -0.2) is 16.1 Å². The topological polar surface area (TPSA) is 0 Å². The first-order chi connectivity index (χ1) is 23.5. The van der Waals surface area contributed by atoms with Gasteiger partial charge >= 0.3 is 0 Å². The normalized spacial score (nSPS) is 13.0. The van der Waals surface area contributed by atoms with E-state index in [0.717, 1.165) is 63.6 Å². The maximum absolute atomic E-state index is 15.0. The molecule has 2 aromatic heterocycles. The van der Waals surface area contributed by atoms with Gasteiger partial charge in [0.1, 0.15) is 16.1 Å². The first-order valence-corrected chi connectivity index (χ1v) is 24.3. The Morgan fingerprint density at radius 3 is 1.08 bits per heavy atom. The molecular weight excluding hydrogens is 687 g/mol. The molecule has 0 aliphatic carbocycles. The molecule has 0 spiro atoms. The maximum Gasteiger partial charge on any atom is 0.177 e. The van der Waals surface area contributed by atoms with Crippen molar-refractivity contribution in [3.8, 4) is 22.9 Å². The molecule has 0 radical (unpaired) electrons. The predicted molar refractivity (Wildman–Crippen MR) is 225 cm³/mol. The van der Waals surface area contributed by atoms with Crippen LogP contribution < -0.4 is 0 Å². The third-order valence-electron chi connectivity index (χ3n) is 11.9. The summed E-state index contributed by atoms with van der Waals surface area (Å²) < 4.78 is 31.8. The van der Waals surface area contributed by atoms with Gasteiger partial charge in [-0.1, -0.05) is 119 Å². The molecule has 260 valence electrons. The first-order valence-electron chi connectivity index (χ1n) is 18.2. The van der Waals surface area contributed by atoms with E-state index >= 15 is 0 Å². The summed E-state index contributed by atoms with van der Waals surface area (Å²) >= 11 is 2.41. The van der Waals surface area contributed by atoms with E-state index < -0.39 is 16.1 Å². The van der Waals surface area contributed by atoms with Crippen molar-refractivity contribution in [1.82, 2.24) is 0 Å². The minimum absolute atomic E-state index is 0.189. The van der Waals surface area contributed by atoms with E-state index in [2.05, 4.69) is 130 Å². The zero-order valence-electron chi connectivity index (χ0n) is 31.7. The van der Waals surface area contributed by atoms with Crippen molar-refractivity contribution >= 4 is 91.3 Å². The van der Waals surface area contributed by atoms with E-state index in [0.29, 0.717) is 33.2 Å². The first kappa shape index (κ1) is 36.8. The van der Waals surface area contributed by atoms with Gasteiger partial charge in [0.15, 0.2) is 10.3 Å². The van der Waals surface area contributed by atoms with Gasteiger partial charge in [-0.25, -0.2) is 0 Å². The number of hydrogen-bond acceptors (Lipinski definition) is 2. The lowest BCUT2D eigenvalue weighted by atomic mass is 9.90. The molecule has 4 aromatic carbocycles. The molecule has 0 N–H and O–H groups in total. The Morgan fingerprint density at radius 2 is 0.780 bits per heavy atom. The number of hydrogen-bond donors (Lipinski definition) is 0. The second-order valence-electron chi connectivity index (χ2n) is 16.2. The van der Waals surface area contributed by atoms with Crippen LogP contribution >= 0.6 is 22.7 Å². The second-order valence-corrected chi connectivity index (χ2v) is 29.3. The molecule has 2 heterocycles. The van der Waals surface area contributed by atoms with Crippen LogP contribution in [0.4, 0.5) is 8.78 Å². The molecule has 6 heteroatoms. The largest absolute Gasteiger partial charge is 0.195 e. The summed E-state index contributed by atoms with van der Waals surface area (Å²) in [6, 6.07) is 16.2. The van der Waals surface area contributed by atoms with Crippen molar-refractivity contribution in [2.45, 2.75) is 116 Å². The van der Waals surface area contributed by atoms with Gasteiger partial charge in [0.25, 0.3) is 0 Å². The number of benzene rings is 4. The minimum atomic E-state index is -2.07. The molecule has 0 fully saturated rings. The van der Waals surface area contributed by atoms with Crippen molar-refractivity contribution in [3.63, 3.8) is 0 Å². The fraction of sp³-hybridized carbons (Fsp3) is 0.409. The number of thiophene rings is 2. The predicted octanol–water partition coefficient (Wildman–Crippen LogP) is 15.0. The van der Waals surface area contributed by atoms with Crippen molar-refractivity contribution in [2.75, 3.05) is 0 Å². The fourth-order valence-corrected chi connectivity index (χ4v) is 21.9. The van der Waals surface area contributed by atoms with Crippen LogP contribution in [0.5, 0.6) is 0 Å². The Bertz CT molecular complexity index is 2190. The van der Waals surface area contributed by atoms with Crippen LogP contribution in [0, 0.1) is 33.2 Å². The van der Waals surface area contributed by atoms with Crippen LogP contribution in [0.25, 0.3) is 52.5 Å². The highest BCUT2D eigenvalue weighted by Crippen LogP contribution is 2.45. The lowest BCUT2D eigenvalue weighted by Gasteiger charge is -2.38. The molecule has 0 aliphatic rings. The van der Waals surface area contributed by atoms with Crippen LogP contribution in [-0.2, 0) is 0 Å². The lowest BCUT2D eigenvalue weighted by molar-refractivity contribution is 0.658. The molecule has 0 unspecified atom stereocenters. The molecule has 0 bridgehead atoms. The molecule has 6 rings (SSSR count). The van der Waals surface area contributed by atoms with Gasteiger partial charge < -0.3 is 0 Å². The van der Waals surface area contributed by atoms with E-state index in [1.165, 1.54) is 22.7 Å². The van der Waals surface area contributed by atoms with Gasteiger partial charge in [0.2, 0.25) is 0 Å². The van der Waals surface area contributed by atoms with Gasteiger partial charge in [-0.05, 0) is 89.8 Å². The van der Waals surface area contributed by atoms with Crippen molar-refractivity contribution in [2.24, 2.45) is 0 Å². The highest BCUT2D eigenvalue weighted by molar-refractivity contribution is 7.19. The Hall–Kier alpha value is -3.01. The highest BCUT2D eigenvalue weighted by atomic mass is 32.1. The van der Waals surface area contributed by atoms with Crippen LogP contribution in [0.15, 0.2) is 48.5 Å². The zero-order chi connectivity index (χ0) is 36.4. The average molecular weight is 737 g/mol. The Balaban J connectivity index is 1.81. The van der Waals surface area contributed by atoms with Crippen molar-refractivity contribution in [3.05, 3.63) is 69.9 Å². The Labute approximate surface area is 307 Å². The Morgan fingerprint density at radius 1 is 0.460 bits per heavy atom. The van der Waals surface area contributed by atoms with E-state index in [-0.39, 0.29) is 10.3 Å². The van der Waals surface area contributed by atoms with Gasteiger partial charge in [0.05, 0.1) is 0 Å². The quantitative estimate of drug-likeness (QED) is 0.0907. The Kier molecular flexibility index (Phi) is 9.94. The highest BCUT2D eigenvalue weighted by Gasteiger charge is 2.42. The molecule has 6 aromatic rings. The summed E-state index contributed by atoms with van der Waals surface area (Å²) in [4.78, 5) is 0. The van der Waals surface area contributed by atoms with E-state index in [4.69, 9.17) is 0 Å². The maximum atomic E-state index is 15.0. The summed E-state index contributed by atoms with van der Waals surface area (Å²) in [5, 5.41) is 7.77. The molecule has 0 saturated carbocycles. The van der Waals surface area contributed by atoms with Crippen molar-refractivity contribution in [1.29, 1.82) is 0 Å². The van der Waals surface area contributed by atoms with Crippen molar-refractivity contribution < 1.29 is 8.78 Å². The SMILES string of the molecule is CC(C)[Si](C#Cc1cc2c(cc(C#C[Si](C(C)C)(C(C)C)C(C)C)c3c2ccc2cc(F)sc23)c2ccc3cc(F)sc3c12)(C(C)C)C(C)C. The summed E-state index contributed by atoms with van der Waals surface area (Å²) in [5.74, 6) is 7.57. The van der Waals surface area contributed by atoms with Crippen LogP contribution in [0.1, 0.15) is 94.2 Å². The van der Waals surface area contributed by atoms with Gasteiger partial charge in [-0.2, -0.15) is 8.78 Å². The van der Waals surface area contributed by atoms with Gasteiger partial charge in [-0.15, -0.1) is 33.8 Å². The molecule has 0 aliphatic heterocycles. The summed E-state index contributed by atoms with van der Waals surface area (Å²) in [7, 11) is -4.13. The molecule has 0 amide bonds. The van der Waals surface area contributed by atoms with Gasteiger partial charge in [0, 0.05) is 31.3 Å². The van der Waals surface area contributed by atoms with Gasteiger partial charge in [-0.3, -0.25) is 0 Å². The summed E-state index contributed by atoms with van der Waals surface area (Å²) in [5.41, 5.74) is 12.8. The molecule has 0 atom stereocenters. The number of rotatable bonds is 6. The fourth-order valence-electron chi connectivity index (χ4n) is 9.58. The van der Waals surface area contributed by atoms with Crippen LogP contribution in [0.2, 0.25) is 33.2 Å². The van der Waals surface area contributed by atoms with E-state index in [1.54, 1.807) is 12.1 Å². The number of halogens is 2. The minimum Gasteiger partial charge on any atom is -0.195 e. The molecule has 0 saturated heterocycles.